The van der Waals surface area contributed by atoms with E-state index in [0.29, 0.717) is 18.0 Å². The molecule has 2 aromatic rings. The van der Waals surface area contributed by atoms with E-state index < -0.39 is 0 Å². The summed E-state index contributed by atoms with van der Waals surface area (Å²) in [5, 5.41) is 4.55. The van der Waals surface area contributed by atoms with E-state index in [0.717, 1.165) is 36.0 Å². The predicted octanol–water partition coefficient (Wildman–Crippen LogP) is 2.38. The molecule has 0 bridgehead atoms. The van der Waals surface area contributed by atoms with Crippen molar-refractivity contribution in [1.82, 2.24) is 9.97 Å². The first kappa shape index (κ1) is 14.1. The van der Waals surface area contributed by atoms with Crippen molar-refractivity contribution in [3.63, 3.8) is 0 Å². The van der Waals surface area contributed by atoms with Gasteiger partial charge in [0.25, 0.3) is 0 Å². The number of nitrogens with one attached hydrogen (secondary N) is 1. The summed E-state index contributed by atoms with van der Waals surface area (Å²) in [5.41, 5.74) is 7.03. The van der Waals surface area contributed by atoms with Gasteiger partial charge in [-0.05, 0) is 37.8 Å². The van der Waals surface area contributed by atoms with Gasteiger partial charge in [0, 0.05) is 31.6 Å². The maximum absolute atomic E-state index is 6.06. The van der Waals surface area contributed by atoms with Crippen LogP contribution in [-0.4, -0.2) is 36.1 Å². The minimum absolute atomic E-state index is 0.296. The molecule has 0 amide bonds. The Bertz CT molecular complexity index is 625. The highest BCUT2D eigenvalue weighted by molar-refractivity contribution is 5.90. The van der Waals surface area contributed by atoms with E-state index in [2.05, 4.69) is 21.4 Å². The molecule has 112 valence electrons. The second kappa shape index (κ2) is 5.85. The average molecular weight is 285 g/mol. The van der Waals surface area contributed by atoms with Gasteiger partial charge in [0.05, 0.1) is 5.52 Å². The summed E-state index contributed by atoms with van der Waals surface area (Å²) in [6.45, 7) is 0. The Morgan fingerprint density at radius 1 is 1.19 bits per heavy atom. The zero-order valence-corrected chi connectivity index (χ0v) is 12.7. The van der Waals surface area contributed by atoms with Crippen molar-refractivity contribution < 1.29 is 0 Å². The summed E-state index contributed by atoms with van der Waals surface area (Å²) in [6.07, 6.45) is 4.43. The van der Waals surface area contributed by atoms with Gasteiger partial charge in [-0.25, -0.2) is 4.98 Å². The number of hydrogen-bond donors (Lipinski definition) is 2. The first-order valence-electron chi connectivity index (χ1n) is 7.59. The summed E-state index contributed by atoms with van der Waals surface area (Å²) < 4.78 is 0. The summed E-state index contributed by atoms with van der Waals surface area (Å²) in [5.74, 6) is 1.65. The largest absolute Gasteiger partial charge is 0.362 e. The third kappa shape index (κ3) is 3.08. The molecule has 0 aliphatic heterocycles. The van der Waals surface area contributed by atoms with Crippen molar-refractivity contribution in [3.05, 3.63) is 24.3 Å². The second-order valence-electron chi connectivity index (χ2n) is 6.05. The number of fused-ring (bicyclic) bond motifs is 1. The Kier molecular flexibility index (Phi) is 3.92. The quantitative estimate of drug-likeness (QED) is 0.906. The fraction of sp³-hybridized carbons (Fsp3) is 0.500. The van der Waals surface area contributed by atoms with Crippen LogP contribution in [0.15, 0.2) is 24.3 Å². The van der Waals surface area contributed by atoms with Crippen molar-refractivity contribution in [2.45, 2.75) is 37.8 Å². The molecule has 1 aromatic heterocycles. The van der Waals surface area contributed by atoms with Crippen LogP contribution in [0.1, 0.15) is 25.7 Å². The molecule has 1 saturated carbocycles. The number of aromatic nitrogens is 2. The lowest BCUT2D eigenvalue weighted by atomic mass is 9.92. The van der Waals surface area contributed by atoms with Gasteiger partial charge in [-0.2, -0.15) is 4.98 Å². The molecular weight excluding hydrogens is 262 g/mol. The molecule has 0 spiro atoms. The minimum Gasteiger partial charge on any atom is -0.362 e. The maximum atomic E-state index is 6.06. The van der Waals surface area contributed by atoms with Crippen LogP contribution in [0.5, 0.6) is 0 Å². The van der Waals surface area contributed by atoms with Crippen molar-refractivity contribution in [2.75, 3.05) is 24.3 Å². The number of anilines is 2. The molecule has 1 heterocycles. The Labute approximate surface area is 125 Å². The predicted molar refractivity (Wildman–Crippen MR) is 87.7 cm³/mol. The van der Waals surface area contributed by atoms with Crippen molar-refractivity contribution in [2.24, 2.45) is 5.73 Å². The number of rotatable bonds is 3. The van der Waals surface area contributed by atoms with Crippen LogP contribution in [0.2, 0.25) is 0 Å². The third-order valence-electron chi connectivity index (χ3n) is 4.05. The standard InChI is InChI=1S/C16H23N5/c1-21(2)15-13-8-3-4-9-14(13)19-16(20-15)18-12-7-5-6-11(17)10-12/h3-4,8-9,11-12H,5-7,10,17H2,1-2H3,(H,18,19,20)/t11-,12-/m0/s1. The Balaban J connectivity index is 1.91. The van der Waals surface area contributed by atoms with Gasteiger partial charge in [0.1, 0.15) is 5.82 Å². The van der Waals surface area contributed by atoms with E-state index in [9.17, 15) is 0 Å². The molecule has 0 unspecified atom stereocenters. The third-order valence-corrected chi connectivity index (χ3v) is 4.05. The molecule has 5 heteroatoms. The van der Waals surface area contributed by atoms with Crippen LogP contribution in [0.25, 0.3) is 10.9 Å². The normalized spacial score (nSPS) is 22.2. The molecule has 3 rings (SSSR count). The Morgan fingerprint density at radius 2 is 2.00 bits per heavy atom. The molecule has 5 nitrogen and oxygen atoms in total. The molecule has 1 aliphatic rings. The van der Waals surface area contributed by atoms with E-state index in [4.69, 9.17) is 5.73 Å². The van der Waals surface area contributed by atoms with E-state index in [-0.39, 0.29) is 0 Å². The van der Waals surface area contributed by atoms with E-state index in [1.54, 1.807) is 0 Å². The van der Waals surface area contributed by atoms with Gasteiger partial charge in [0.2, 0.25) is 5.95 Å². The van der Waals surface area contributed by atoms with E-state index >= 15 is 0 Å². The number of nitrogens with zero attached hydrogens (tertiary/aromatic N) is 3. The molecule has 21 heavy (non-hydrogen) atoms. The van der Waals surface area contributed by atoms with Crippen molar-refractivity contribution in [1.29, 1.82) is 0 Å². The summed E-state index contributed by atoms with van der Waals surface area (Å²) in [6, 6.07) is 8.79. The molecule has 1 aliphatic carbocycles. The highest BCUT2D eigenvalue weighted by atomic mass is 15.2. The van der Waals surface area contributed by atoms with Gasteiger partial charge in [-0.15, -0.1) is 0 Å². The lowest BCUT2D eigenvalue weighted by Gasteiger charge is -2.27. The van der Waals surface area contributed by atoms with Crippen LogP contribution in [-0.2, 0) is 0 Å². The molecule has 0 saturated heterocycles. The highest BCUT2D eigenvalue weighted by Crippen LogP contribution is 2.25. The lowest BCUT2D eigenvalue weighted by molar-refractivity contribution is 0.408. The summed E-state index contributed by atoms with van der Waals surface area (Å²) >= 11 is 0. The summed E-state index contributed by atoms with van der Waals surface area (Å²) in [7, 11) is 4.02. The highest BCUT2D eigenvalue weighted by Gasteiger charge is 2.20. The SMILES string of the molecule is CN(C)c1nc(N[C@H]2CCC[C@H](N)C2)nc2ccccc12. The van der Waals surface area contributed by atoms with Crippen LogP contribution < -0.4 is 16.0 Å². The summed E-state index contributed by atoms with van der Waals surface area (Å²) in [4.78, 5) is 11.4. The lowest BCUT2D eigenvalue weighted by Crippen LogP contribution is -2.35. The van der Waals surface area contributed by atoms with Gasteiger partial charge in [-0.1, -0.05) is 12.1 Å². The maximum Gasteiger partial charge on any atom is 0.225 e. The minimum atomic E-state index is 0.296. The average Bonchev–Trinajstić information content (AvgIpc) is 2.46. The molecule has 1 fully saturated rings. The molecule has 1 aromatic carbocycles. The van der Waals surface area contributed by atoms with Crippen LogP contribution in [0, 0.1) is 0 Å². The Morgan fingerprint density at radius 3 is 2.76 bits per heavy atom. The van der Waals surface area contributed by atoms with E-state index in [1.807, 2.05) is 37.2 Å². The first-order valence-corrected chi connectivity index (χ1v) is 7.59. The fourth-order valence-electron chi connectivity index (χ4n) is 3.01. The monoisotopic (exact) mass is 285 g/mol. The van der Waals surface area contributed by atoms with Crippen molar-refractivity contribution in [3.8, 4) is 0 Å². The number of nitrogens with two attached hydrogens (primary N) is 1. The fourth-order valence-corrected chi connectivity index (χ4v) is 3.01. The van der Waals surface area contributed by atoms with Crippen LogP contribution >= 0.6 is 0 Å². The number of hydrogen-bond acceptors (Lipinski definition) is 5. The van der Waals surface area contributed by atoms with Crippen LogP contribution in [0.4, 0.5) is 11.8 Å². The molecule has 0 radical (unpaired) electrons. The van der Waals surface area contributed by atoms with Gasteiger partial charge in [-0.3, -0.25) is 0 Å². The molecule has 2 atom stereocenters. The number of para-hydroxylation sites is 1. The second-order valence-corrected chi connectivity index (χ2v) is 6.05. The zero-order valence-electron chi connectivity index (χ0n) is 12.7. The first-order chi connectivity index (χ1) is 10.1. The van der Waals surface area contributed by atoms with Gasteiger partial charge < -0.3 is 16.0 Å². The smallest absolute Gasteiger partial charge is 0.225 e. The molecule has 3 N–H and O–H groups in total. The Hall–Kier alpha value is -1.88. The van der Waals surface area contributed by atoms with Gasteiger partial charge in [0.15, 0.2) is 0 Å². The van der Waals surface area contributed by atoms with Gasteiger partial charge >= 0.3 is 0 Å². The van der Waals surface area contributed by atoms with Crippen LogP contribution in [0.3, 0.4) is 0 Å². The zero-order chi connectivity index (χ0) is 14.8. The van der Waals surface area contributed by atoms with Crippen molar-refractivity contribution >= 4 is 22.7 Å². The van der Waals surface area contributed by atoms with E-state index in [1.165, 1.54) is 6.42 Å². The molecular formula is C16H23N5. The topological polar surface area (TPSA) is 67.1 Å². The number of benzene rings is 1.